The van der Waals surface area contributed by atoms with E-state index in [-0.39, 0.29) is 18.4 Å². The van der Waals surface area contributed by atoms with Crippen LogP contribution in [0.15, 0.2) is 18.2 Å². The highest BCUT2D eigenvalue weighted by Crippen LogP contribution is 2.49. The Balaban J connectivity index is 1.43. The molecule has 23 heavy (non-hydrogen) atoms. The summed E-state index contributed by atoms with van der Waals surface area (Å²) in [6.45, 7) is -0.0531. The number of nitrogens with one attached hydrogen (secondary N) is 2. The van der Waals surface area contributed by atoms with Crippen LogP contribution in [0.1, 0.15) is 32.1 Å². The maximum Gasteiger partial charge on any atom is 0.243 e. The summed E-state index contributed by atoms with van der Waals surface area (Å²) in [5.74, 6) is 1.68. The second kappa shape index (κ2) is 7.10. The zero-order valence-electron chi connectivity index (χ0n) is 12.8. The molecule has 1 aromatic rings. The van der Waals surface area contributed by atoms with Gasteiger partial charge in [-0.1, -0.05) is 29.6 Å². The van der Waals surface area contributed by atoms with Crippen molar-refractivity contribution in [1.82, 2.24) is 5.32 Å². The standard InChI is InChI=1S/C17H20Cl2N2O2/c18-13-3-4-14(19)15(8-13)21-17(23)9-20-16(22)7-12-6-10-1-2-11(12)5-10/h3-4,8,10-12H,1-2,5-7,9H2,(H,20,22)(H,21,23)/t10-,11+,12+/m0/s1. The molecule has 2 aliphatic rings. The van der Waals surface area contributed by atoms with Crippen molar-refractivity contribution in [2.75, 3.05) is 11.9 Å². The lowest BCUT2D eigenvalue weighted by Crippen LogP contribution is -2.34. The Bertz CT molecular complexity index is 621. The number of hydrogen-bond donors (Lipinski definition) is 2. The molecule has 0 aromatic heterocycles. The van der Waals surface area contributed by atoms with Gasteiger partial charge in [-0.25, -0.2) is 0 Å². The Morgan fingerprint density at radius 1 is 1.13 bits per heavy atom. The molecule has 1 aromatic carbocycles. The van der Waals surface area contributed by atoms with Gasteiger partial charge in [0.05, 0.1) is 17.3 Å². The average molecular weight is 355 g/mol. The first-order valence-corrected chi connectivity index (χ1v) is 8.78. The Kier molecular flexibility index (Phi) is 5.12. The van der Waals surface area contributed by atoms with E-state index >= 15 is 0 Å². The third-order valence-electron chi connectivity index (χ3n) is 4.98. The van der Waals surface area contributed by atoms with E-state index in [2.05, 4.69) is 10.6 Å². The lowest BCUT2D eigenvalue weighted by atomic mass is 9.86. The Labute approximate surface area is 145 Å². The normalized spacial score (nSPS) is 25.4. The number of fused-ring (bicyclic) bond motifs is 2. The van der Waals surface area contributed by atoms with Gasteiger partial charge in [-0.3, -0.25) is 9.59 Å². The Hall–Kier alpha value is -1.26. The molecular formula is C17H20Cl2N2O2. The first-order valence-electron chi connectivity index (χ1n) is 8.03. The van der Waals surface area contributed by atoms with E-state index in [1.807, 2.05) is 0 Å². The number of carbonyl (C=O) groups is 2. The molecule has 2 N–H and O–H groups in total. The Morgan fingerprint density at radius 2 is 1.96 bits per heavy atom. The zero-order valence-corrected chi connectivity index (χ0v) is 14.3. The SMILES string of the molecule is O=C(C[C@H]1C[C@H]2CC[C@@H]1C2)NCC(=O)Nc1cc(Cl)ccc1Cl. The van der Waals surface area contributed by atoms with E-state index in [9.17, 15) is 9.59 Å². The highest BCUT2D eigenvalue weighted by Gasteiger charge is 2.40. The fraction of sp³-hybridized carbons (Fsp3) is 0.529. The monoisotopic (exact) mass is 354 g/mol. The molecule has 0 saturated heterocycles. The third kappa shape index (κ3) is 4.18. The molecule has 124 valence electrons. The second-order valence-corrected chi connectivity index (χ2v) is 7.43. The third-order valence-corrected chi connectivity index (χ3v) is 5.55. The quantitative estimate of drug-likeness (QED) is 0.842. The second-order valence-electron chi connectivity index (χ2n) is 6.59. The van der Waals surface area contributed by atoms with E-state index in [0.29, 0.717) is 34.0 Å². The van der Waals surface area contributed by atoms with E-state index < -0.39 is 0 Å². The predicted molar refractivity (Wildman–Crippen MR) is 91.7 cm³/mol. The van der Waals surface area contributed by atoms with Gasteiger partial charge in [0.2, 0.25) is 11.8 Å². The van der Waals surface area contributed by atoms with E-state index in [1.165, 1.54) is 25.7 Å². The van der Waals surface area contributed by atoms with Crippen LogP contribution in [-0.4, -0.2) is 18.4 Å². The van der Waals surface area contributed by atoms with Crippen LogP contribution < -0.4 is 10.6 Å². The number of anilines is 1. The minimum atomic E-state index is -0.310. The van der Waals surface area contributed by atoms with Crippen molar-refractivity contribution in [2.45, 2.75) is 32.1 Å². The van der Waals surface area contributed by atoms with E-state index in [0.717, 1.165) is 5.92 Å². The summed E-state index contributed by atoms with van der Waals surface area (Å²) >= 11 is 11.9. The number of amides is 2. The summed E-state index contributed by atoms with van der Waals surface area (Å²) in [7, 11) is 0. The van der Waals surface area contributed by atoms with Crippen LogP contribution in [0, 0.1) is 17.8 Å². The lowest BCUT2D eigenvalue weighted by Gasteiger charge is -2.20. The van der Waals surface area contributed by atoms with Gasteiger partial charge in [-0.2, -0.15) is 0 Å². The predicted octanol–water partition coefficient (Wildman–Crippen LogP) is 3.87. The average Bonchev–Trinajstić information content (AvgIpc) is 3.11. The van der Waals surface area contributed by atoms with Gasteiger partial charge >= 0.3 is 0 Å². The fourth-order valence-corrected chi connectivity index (χ4v) is 4.24. The van der Waals surface area contributed by atoms with Gasteiger partial charge in [0.15, 0.2) is 0 Å². The number of rotatable bonds is 5. The molecule has 3 rings (SSSR count). The number of benzene rings is 1. The summed E-state index contributed by atoms with van der Waals surface area (Å²) in [6, 6.07) is 4.85. The molecule has 3 atom stereocenters. The number of carbonyl (C=O) groups excluding carboxylic acids is 2. The minimum Gasteiger partial charge on any atom is -0.347 e. The van der Waals surface area contributed by atoms with Crippen molar-refractivity contribution in [3.8, 4) is 0 Å². The molecule has 2 aliphatic carbocycles. The van der Waals surface area contributed by atoms with Crippen molar-refractivity contribution >= 4 is 40.7 Å². The van der Waals surface area contributed by atoms with Crippen molar-refractivity contribution in [3.63, 3.8) is 0 Å². The molecule has 2 bridgehead atoms. The van der Waals surface area contributed by atoms with Crippen molar-refractivity contribution in [3.05, 3.63) is 28.2 Å². The highest BCUT2D eigenvalue weighted by molar-refractivity contribution is 6.35. The molecule has 0 spiro atoms. The van der Waals surface area contributed by atoms with Gasteiger partial charge in [0.1, 0.15) is 0 Å². The van der Waals surface area contributed by atoms with Gasteiger partial charge < -0.3 is 10.6 Å². The molecule has 2 fully saturated rings. The molecule has 0 heterocycles. The first kappa shape index (κ1) is 16.6. The van der Waals surface area contributed by atoms with Crippen LogP contribution in [-0.2, 0) is 9.59 Å². The highest BCUT2D eigenvalue weighted by atomic mass is 35.5. The molecular weight excluding hydrogens is 335 g/mol. The maximum absolute atomic E-state index is 12.0. The summed E-state index contributed by atoms with van der Waals surface area (Å²) in [5, 5.41) is 6.26. The van der Waals surface area contributed by atoms with Crippen LogP contribution >= 0.6 is 23.2 Å². The summed E-state index contributed by atoms with van der Waals surface area (Å²) < 4.78 is 0. The molecule has 0 radical (unpaired) electrons. The first-order chi connectivity index (χ1) is 11.0. The minimum absolute atomic E-state index is 0.0464. The van der Waals surface area contributed by atoms with Gasteiger partial charge in [-0.15, -0.1) is 0 Å². The molecule has 2 amide bonds. The molecule has 0 unspecified atom stereocenters. The van der Waals surface area contributed by atoms with E-state index in [1.54, 1.807) is 18.2 Å². The topological polar surface area (TPSA) is 58.2 Å². The van der Waals surface area contributed by atoms with Crippen LogP contribution in [0.3, 0.4) is 0 Å². The molecule has 4 nitrogen and oxygen atoms in total. The summed E-state index contributed by atoms with van der Waals surface area (Å²) in [5.41, 5.74) is 0.450. The van der Waals surface area contributed by atoms with Crippen molar-refractivity contribution in [2.24, 2.45) is 17.8 Å². The summed E-state index contributed by atoms with van der Waals surface area (Å²) in [4.78, 5) is 23.9. The Morgan fingerprint density at radius 3 is 2.65 bits per heavy atom. The van der Waals surface area contributed by atoms with Gasteiger partial charge in [-0.05, 0) is 55.2 Å². The smallest absolute Gasteiger partial charge is 0.243 e. The van der Waals surface area contributed by atoms with Gasteiger partial charge in [0.25, 0.3) is 0 Å². The van der Waals surface area contributed by atoms with Crippen LogP contribution in [0.25, 0.3) is 0 Å². The van der Waals surface area contributed by atoms with Crippen LogP contribution in [0.5, 0.6) is 0 Å². The number of hydrogen-bond acceptors (Lipinski definition) is 2. The largest absolute Gasteiger partial charge is 0.347 e. The van der Waals surface area contributed by atoms with Crippen molar-refractivity contribution in [1.29, 1.82) is 0 Å². The fourth-order valence-electron chi connectivity index (χ4n) is 3.90. The molecule has 0 aliphatic heterocycles. The van der Waals surface area contributed by atoms with E-state index in [4.69, 9.17) is 23.2 Å². The maximum atomic E-state index is 12.0. The lowest BCUT2D eigenvalue weighted by molar-refractivity contribution is -0.125. The van der Waals surface area contributed by atoms with Crippen LogP contribution in [0.4, 0.5) is 5.69 Å². The zero-order chi connectivity index (χ0) is 16.4. The van der Waals surface area contributed by atoms with Crippen LogP contribution in [0.2, 0.25) is 10.0 Å². The molecule has 6 heteroatoms. The van der Waals surface area contributed by atoms with Crippen molar-refractivity contribution < 1.29 is 9.59 Å². The van der Waals surface area contributed by atoms with Gasteiger partial charge in [0, 0.05) is 11.4 Å². The molecule has 2 saturated carbocycles. The summed E-state index contributed by atoms with van der Waals surface area (Å²) in [6.07, 6.45) is 5.57. The number of halogens is 2.